The Bertz CT molecular complexity index is 479. The molecule has 0 spiro atoms. The van der Waals surface area contributed by atoms with Crippen LogP contribution in [0.5, 0.6) is 0 Å². The Morgan fingerprint density at radius 1 is 1.10 bits per heavy atom. The third-order valence-electron chi connectivity index (χ3n) is 3.58. The quantitative estimate of drug-likeness (QED) is 0.624. The Hall–Kier alpha value is -1.36. The van der Waals surface area contributed by atoms with Crippen LogP contribution in [0.25, 0.3) is 0 Å². The SMILES string of the molecule is CC(=O)c1ccc(N2CCN(C(=O)CCBr)CC2)cc1. The summed E-state index contributed by atoms with van der Waals surface area (Å²) in [7, 11) is 0. The highest BCUT2D eigenvalue weighted by Gasteiger charge is 2.20. The number of alkyl halides is 1. The number of anilines is 1. The second-order valence-electron chi connectivity index (χ2n) is 4.91. The Balaban J connectivity index is 1.93. The minimum absolute atomic E-state index is 0.0849. The predicted molar refractivity (Wildman–Crippen MR) is 83.7 cm³/mol. The highest BCUT2D eigenvalue weighted by Crippen LogP contribution is 2.18. The zero-order valence-corrected chi connectivity index (χ0v) is 13.2. The molecular weight excluding hydrogens is 320 g/mol. The van der Waals surface area contributed by atoms with Crippen molar-refractivity contribution in [3.63, 3.8) is 0 Å². The Kier molecular flexibility index (Phi) is 5.17. The molecule has 1 aromatic carbocycles. The lowest BCUT2D eigenvalue weighted by atomic mass is 10.1. The van der Waals surface area contributed by atoms with Crippen molar-refractivity contribution < 1.29 is 9.59 Å². The van der Waals surface area contributed by atoms with E-state index in [-0.39, 0.29) is 11.7 Å². The van der Waals surface area contributed by atoms with Crippen LogP contribution in [0, 0.1) is 0 Å². The third kappa shape index (κ3) is 3.60. The second-order valence-corrected chi connectivity index (χ2v) is 5.70. The number of hydrogen-bond acceptors (Lipinski definition) is 3. The van der Waals surface area contributed by atoms with Gasteiger partial charge in [-0.05, 0) is 31.2 Å². The van der Waals surface area contributed by atoms with E-state index in [1.807, 2.05) is 29.2 Å². The van der Waals surface area contributed by atoms with Crippen molar-refractivity contribution in [2.75, 3.05) is 36.4 Å². The number of amides is 1. The van der Waals surface area contributed by atoms with Crippen molar-refractivity contribution in [1.82, 2.24) is 4.90 Å². The van der Waals surface area contributed by atoms with Crippen LogP contribution in [-0.4, -0.2) is 48.1 Å². The summed E-state index contributed by atoms with van der Waals surface area (Å²) < 4.78 is 0. The molecule has 0 bridgehead atoms. The molecule has 1 saturated heterocycles. The molecule has 1 aliphatic heterocycles. The zero-order chi connectivity index (χ0) is 14.5. The van der Waals surface area contributed by atoms with E-state index in [9.17, 15) is 9.59 Å². The molecule has 0 radical (unpaired) electrons. The van der Waals surface area contributed by atoms with Crippen molar-refractivity contribution >= 4 is 33.3 Å². The van der Waals surface area contributed by atoms with E-state index in [4.69, 9.17) is 0 Å². The molecular formula is C15H19BrN2O2. The molecule has 1 aliphatic rings. The summed E-state index contributed by atoms with van der Waals surface area (Å²) in [5.74, 6) is 0.301. The number of rotatable bonds is 4. The topological polar surface area (TPSA) is 40.6 Å². The van der Waals surface area contributed by atoms with Gasteiger partial charge in [0.15, 0.2) is 5.78 Å². The fourth-order valence-electron chi connectivity index (χ4n) is 2.36. The molecule has 1 fully saturated rings. The highest BCUT2D eigenvalue weighted by atomic mass is 79.9. The van der Waals surface area contributed by atoms with Gasteiger partial charge >= 0.3 is 0 Å². The Morgan fingerprint density at radius 2 is 1.70 bits per heavy atom. The minimum Gasteiger partial charge on any atom is -0.368 e. The van der Waals surface area contributed by atoms with Crippen LogP contribution in [0.3, 0.4) is 0 Å². The number of halogens is 1. The predicted octanol–water partition coefficient (Wildman–Crippen LogP) is 2.32. The lowest BCUT2D eigenvalue weighted by Crippen LogP contribution is -2.48. The summed E-state index contributed by atoms with van der Waals surface area (Å²) in [6, 6.07) is 7.68. The number of Topliss-reactive ketones (excluding diaryl/α,β-unsaturated/α-hetero) is 1. The molecule has 20 heavy (non-hydrogen) atoms. The average molecular weight is 339 g/mol. The van der Waals surface area contributed by atoms with Gasteiger partial charge in [0.25, 0.3) is 0 Å². The van der Waals surface area contributed by atoms with Crippen LogP contribution >= 0.6 is 15.9 Å². The van der Waals surface area contributed by atoms with Gasteiger partial charge in [-0.2, -0.15) is 0 Å². The van der Waals surface area contributed by atoms with Crippen molar-refractivity contribution in [1.29, 1.82) is 0 Å². The maximum absolute atomic E-state index is 11.8. The molecule has 2 rings (SSSR count). The van der Waals surface area contributed by atoms with E-state index in [1.165, 1.54) is 0 Å². The Morgan fingerprint density at radius 3 is 2.20 bits per heavy atom. The fourth-order valence-corrected chi connectivity index (χ4v) is 2.70. The number of ketones is 1. The van der Waals surface area contributed by atoms with Crippen LogP contribution in [0.2, 0.25) is 0 Å². The fraction of sp³-hybridized carbons (Fsp3) is 0.467. The number of benzene rings is 1. The molecule has 108 valence electrons. The van der Waals surface area contributed by atoms with Gasteiger partial charge in [0, 0.05) is 49.2 Å². The first-order valence-corrected chi connectivity index (χ1v) is 7.93. The van der Waals surface area contributed by atoms with E-state index >= 15 is 0 Å². The van der Waals surface area contributed by atoms with Gasteiger partial charge in [0.2, 0.25) is 5.91 Å². The van der Waals surface area contributed by atoms with E-state index in [0.29, 0.717) is 6.42 Å². The number of carbonyl (C=O) groups excluding carboxylic acids is 2. The molecule has 0 aromatic heterocycles. The van der Waals surface area contributed by atoms with Gasteiger partial charge in [-0.3, -0.25) is 9.59 Å². The van der Waals surface area contributed by atoms with Crippen LogP contribution in [0.4, 0.5) is 5.69 Å². The van der Waals surface area contributed by atoms with Gasteiger partial charge < -0.3 is 9.80 Å². The standard InChI is InChI=1S/C15H19BrN2O2/c1-12(19)13-2-4-14(5-3-13)17-8-10-18(11-9-17)15(20)6-7-16/h2-5H,6-11H2,1H3. The van der Waals surface area contributed by atoms with E-state index in [0.717, 1.165) is 42.8 Å². The number of carbonyl (C=O) groups is 2. The van der Waals surface area contributed by atoms with Gasteiger partial charge in [-0.1, -0.05) is 15.9 Å². The molecule has 5 heteroatoms. The summed E-state index contributed by atoms with van der Waals surface area (Å²) in [5.41, 5.74) is 1.85. The molecule has 0 unspecified atom stereocenters. The summed E-state index contributed by atoms with van der Waals surface area (Å²) in [5, 5.41) is 0.721. The maximum Gasteiger partial charge on any atom is 0.223 e. The summed E-state index contributed by atoms with van der Waals surface area (Å²) in [6.07, 6.45) is 0.563. The van der Waals surface area contributed by atoms with E-state index in [1.54, 1.807) is 6.92 Å². The van der Waals surface area contributed by atoms with Crippen molar-refractivity contribution in [3.8, 4) is 0 Å². The third-order valence-corrected chi connectivity index (χ3v) is 3.98. The van der Waals surface area contributed by atoms with Crippen molar-refractivity contribution in [2.45, 2.75) is 13.3 Å². The van der Waals surface area contributed by atoms with E-state index < -0.39 is 0 Å². The monoisotopic (exact) mass is 338 g/mol. The molecule has 1 heterocycles. The van der Waals surface area contributed by atoms with Gasteiger partial charge in [0.1, 0.15) is 0 Å². The molecule has 4 nitrogen and oxygen atoms in total. The van der Waals surface area contributed by atoms with Crippen molar-refractivity contribution in [3.05, 3.63) is 29.8 Å². The maximum atomic E-state index is 11.8. The van der Waals surface area contributed by atoms with Gasteiger partial charge in [0.05, 0.1) is 0 Å². The first-order valence-electron chi connectivity index (χ1n) is 6.81. The van der Waals surface area contributed by atoms with Crippen LogP contribution in [-0.2, 0) is 4.79 Å². The summed E-state index contributed by atoms with van der Waals surface area (Å²) in [4.78, 5) is 27.2. The smallest absolute Gasteiger partial charge is 0.223 e. The average Bonchev–Trinajstić information content (AvgIpc) is 2.48. The first kappa shape index (κ1) is 15.0. The molecule has 1 aromatic rings. The highest BCUT2D eigenvalue weighted by molar-refractivity contribution is 9.09. The second kappa shape index (κ2) is 6.88. The van der Waals surface area contributed by atoms with Crippen molar-refractivity contribution in [2.24, 2.45) is 0 Å². The normalized spacial score (nSPS) is 15.3. The lowest BCUT2D eigenvalue weighted by Gasteiger charge is -2.36. The molecule has 0 aliphatic carbocycles. The zero-order valence-electron chi connectivity index (χ0n) is 11.6. The molecule has 0 N–H and O–H groups in total. The lowest BCUT2D eigenvalue weighted by molar-refractivity contribution is -0.131. The first-order chi connectivity index (χ1) is 9.61. The number of piperazine rings is 1. The Labute approximate surface area is 127 Å². The largest absolute Gasteiger partial charge is 0.368 e. The molecule has 1 amide bonds. The number of hydrogen-bond donors (Lipinski definition) is 0. The summed E-state index contributed by atoms with van der Waals surface area (Å²) in [6.45, 7) is 4.78. The van der Waals surface area contributed by atoms with Gasteiger partial charge in [-0.25, -0.2) is 0 Å². The van der Waals surface area contributed by atoms with Crippen LogP contribution in [0.15, 0.2) is 24.3 Å². The molecule has 0 atom stereocenters. The summed E-state index contributed by atoms with van der Waals surface area (Å²) >= 11 is 3.30. The number of nitrogens with zero attached hydrogens (tertiary/aromatic N) is 2. The van der Waals surface area contributed by atoms with Crippen LogP contribution in [0.1, 0.15) is 23.7 Å². The van der Waals surface area contributed by atoms with Crippen LogP contribution < -0.4 is 4.90 Å². The van der Waals surface area contributed by atoms with Gasteiger partial charge in [-0.15, -0.1) is 0 Å². The minimum atomic E-state index is 0.0849. The molecule has 0 saturated carbocycles. The van der Waals surface area contributed by atoms with E-state index in [2.05, 4.69) is 20.8 Å².